The quantitative estimate of drug-likeness (QED) is 0.829. The molecule has 2 rings (SSSR count). The van der Waals surface area contributed by atoms with Gasteiger partial charge in [-0.05, 0) is 19.1 Å². The van der Waals surface area contributed by atoms with Gasteiger partial charge in [0.05, 0.1) is 6.61 Å². The molecule has 1 aromatic heterocycles. The Labute approximate surface area is 86.3 Å². The van der Waals surface area contributed by atoms with Gasteiger partial charge in [0.25, 0.3) is 0 Å². The van der Waals surface area contributed by atoms with Gasteiger partial charge in [0.1, 0.15) is 5.75 Å². The Morgan fingerprint density at radius 1 is 1.47 bits per heavy atom. The first-order valence-electron chi connectivity index (χ1n) is 4.55. The lowest BCUT2D eigenvalue weighted by Gasteiger charge is -1.94. The molecule has 0 fully saturated rings. The second-order valence-corrected chi connectivity index (χ2v) is 2.87. The van der Waals surface area contributed by atoms with Gasteiger partial charge in [-0.1, -0.05) is 17.3 Å². The minimum atomic E-state index is 0.135. The van der Waals surface area contributed by atoms with E-state index in [9.17, 15) is 5.11 Å². The van der Waals surface area contributed by atoms with Gasteiger partial charge in [-0.15, -0.1) is 0 Å². The highest BCUT2D eigenvalue weighted by Crippen LogP contribution is 2.22. The average molecular weight is 206 g/mol. The Balaban J connectivity index is 2.29. The zero-order valence-corrected chi connectivity index (χ0v) is 8.17. The van der Waals surface area contributed by atoms with Crippen molar-refractivity contribution in [1.29, 1.82) is 0 Å². The SMILES string of the molecule is CCOc1nc(-c2cccc(O)c2)no1. The van der Waals surface area contributed by atoms with Crippen LogP contribution in [-0.2, 0) is 0 Å². The third kappa shape index (κ3) is 2.07. The molecule has 0 unspecified atom stereocenters. The van der Waals surface area contributed by atoms with Crippen LogP contribution in [0.15, 0.2) is 28.8 Å². The van der Waals surface area contributed by atoms with Crippen molar-refractivity contribution in [2.45, 2.75) is 6.92 Å². The van der Waals surface area contributed by atoms with Crippen LogP contribution in [0.5, 0.6) is 11.8 Å². The predicted octanol–water partition coefficient (Wildman–Crippen LogP) is 1.84. The van der Waals surface area contributed by atoms with E-state index in [0.29, 0.717) is 18.0 Å². The van der Waals surface area contributed by atoms with Gasteiger partial charge in [-0.25, -0.2) is 0 Å². The van der Waals surface area contributed by atoms with Crippen LogP contribution in [-0.4, -0.2) is 21.9 Å². The summed E-state index contributed by atoms with van der Waals surface area (Å²) in [5, 5.41) is 13.0. The summed E-state index contributed by atoms with van der Waals surface area (Å²) in [6, 6.07) is 6.62. The van der Waals surface area contributed by atoms with Gasteiger partial charge in [-0.2, -0.15) is 4.98 Å². The molecule has 1 heterocycles. The van der Waals surface area contributed by atoms with E-state index in [4.69, 9.17) is 9.26 Å². The molecule has 1 aromatic carbocycles. The largest absolute Gasteiger partial charge is 0.508 e. The van der Waals surface area contributed by atoms with E-state index in [-0.39, 0.29) is 11.8 Å². The maximum Gasteiger partial charge on any atom is 0.417 e. The minimum Gasteiger partial charge on any atom is -0.508 e. The summed E-state index contributed by atoms with van der Waals surface area (Å²) in [7, 11) is 0. The Bertz CT molecular complexity index is 453. The third-order valence-corrected chi connectivity index (χ3v) is 1.78. The molecule has 0 radical (unpaired) electrons. The molecule has 5 heteroatoms. The van der Waals surface area contributed by atoms with E-state index in [2.05, 4.69) is 10.1 Å². The number of aromatic nitrogens is 2. The van der Waals surface area contributed by atoms with E-state index in [1.54, 1.807) is 24.3 Å². The van der Waals surface area contributed by atoms with Crippen molar-refractivity contribution in [3.8, 4) is 23.2 Å². The number of ether oxygens (including phenoxy) is 1. The summed E-state index contributed by atoms with van der Waals surface area (Å²) in [6.45, 7) is 2.31. The standard InChI is InChI=1S/C10H10N2O3/c1-2-14-10-11-9(12-15-10)7-4-3-5-8(13)6-7/h3-6,13H,2H2,1H3. The molecule has 0 aliphatic heterocycles. The molecule has 78 valence electrons. The average Bonchev–Trinajstić information content (AvgIpc) is 2.67. The normalized spacial score (nSPS) is 10.2. The number of benzene rings is 1. The van der Waals surface area contributed by atoms with Crippen LogP contribution in [0.3, 0.4) is 0 Å². The lowest BCUT2D eigenvalue weighted by molar-refractivity contribution is 0.215. The molecule has 0 atom stereocenters. The highest BCUT2D eigenvalue weighted by molar-refractivity contribution is 5.56. The van der Waals surface area contributed by atoms with Gasteiger partial charge in [0, 0.05) is 5.56 Å². The molecule has 5 nitrogen and oxygen atoms in total. The second kappa shape index (κ2) is 4.00. The number of rotatable bonds is 3. The summed E-state index contributed by atoms with van der Waals surface area (Å²) < 4.78 is 9.87. The van der Waals surface area contributed by atoms with E-state index < -0.39 is 0 Å². The highest BCUT2D eigenvalue weighted by atomic mass is 16.6. The molecular formula is C10H10N2O3. The van der Waals surface area contributed by atoms with Crippen LogP contribution in [0.4, 0.5) is 0 Å². The molecule has 1 N–H and O–H groups in total. The number of phenolic OH excluding ortho intramolecular Hbond substituents is 1. The zero-order chi connectivity index (χ0) is 10.7. The van der Waals surface area contributed by atoms with Crippen LogP contribution >= 0.6 is 0 Å². The molecular weight excluding hydrogens is 196 g/mol. The van der Waals surface area contributed by atoms with E-state index in [1.165, 1.54) is 0 Å². The van der Waals surface area contributed by atoms with E-state index in [0.717, 1.165) is 0 Å². The molecule has 0 aliphatic rings. The van der Waals surface area contributed by atoms with Crippen molar-refractivity contribution >= 4 is 0 Å². The number of hydrogen-bond donors (Lipinski definition) is 1. The van der Waals surface area contributed by atoms with Gasteiger partial charge in [0.15, 0.2) is 0 Å². The third-order valence-electron chi connectivity index (χ3n) is 1.78. The van der Waals surface area contributed by atoms with Crippen LogP contribution in [0.25, 0.3) is 11.4 Å². The molecule has 0 aliphatic carbocycles. The lowest BCUT2D eigenvalue weighted by Crippen LogP contribution is -1.90. The molecule has 0 saturated heterocycles. The highest BCUT2D eigenvalue weighted by Gasteiger charge is 2.08. The molecule has 2 aromatic rings. The zero-order valence-electron chi connectivity index (χ0n) is 8.17. The fraction of sp³-hybridized carbons (Fsp3) is 0.200. The van der Waals surface area contributed by atoms with Gasteiger partial charge in [0.2, 0.25) is 5.82 Å². The summed E-state index contributed by atoms with van der Waals surface area (Å²) in [4.78, 5) is 4.00. The Morgan fingerprint density at radius 3 is 3.07 bits per heavy atom. The Kier molecular flexibility index (Phi) is 2.53. The molecule has 0 saturated carbocycles. The summed E-state index contributed by atoms with van der Waals surface area (Å²) in [5.74, 6) is 0.560. The maximum absolute atomic E-state index is 9.27. The fourth-order valence-corrected chi connectivity index (χ4v) is 1.15. The van der Waals surface area contributed by atoms with E-state index in [1.807, 2.05) is 6.92 Å². The van der Waals surface area contributed by atoms with Crippen molar-refractivity contribution < 1.29 is 14.4 Å². The Hall–Kier alpha value is -2.04. The smallest absolute Gasteiger partial charge is 0.417 e. The van der Waals surface area contributed by atoms with Crippen molar-refractivity contribution in [3.05, 3.63) is 24.3 Å². The van der Waals surface area contributed by atoms with Gasteiger partial charge < -0.3 is 9.84 Å². The summed E-state index contributed by atoms with van der Waals surface area (Å²) >= 11 is 0. The fourth-order valence-electron chi connectivity index (χ4n) is 1.15. The lowest BCUT2D eigenvalue weighted by atomic mass is 10.2. The van der Waals surface area contributed by atoms with Gasteiger partial charge in [-0.3, -0.25) is 4.52 Å². The van der Waals surface area contributed by atoms with Crippen molar-refractivity contribution in [3.63, 3.8) is 0 Å². The van der Waals surface area contributed by atoms with Crippen LogP contribution in [0.2, 0.25) is 0 Å². The first-order valence-corrected chi connectivity index (χ1v) is 4.55. The second-order valence-electron chi connectivity index (χ2n) is 2.87. The van der Waals surface area contributed by atoms with Crippen molar-refractivity contribution in [2.24, 2.45) is 0 Å². The first-order chi connectivity index (χ1) is 7.29. The number of aromatic hydroxyl groups is 1. The monoisotopic (exact) mass is 206 g/mol. The van der Waals surface area contributed by atoms with E-state index >= 15 is 0 Å². The molecule has 0 amide bonds. The van der Waals surface area contributed by atoms with Gasteiger partial charge >= 0.3 is 6.08 Å². The van der Waals surface area contributed by atoms with Crippen molar-refractivity contribution in [1.82, 2.24) is 10.1 Å². The number of hydrogen-bond acceptors (Lipinski definition) is 5. The molecule has 15 heavy (non-hydrogen) atoms. The first kappa shape index (κ1) is 9.51. The molecule has 0 bridgehead atoms. The van der Waals surface area contributed by atoms with Crippen LogP contribution in [0.1, 0.15) is 6.92 Å². The number of nitrogens with zero attached hydrogens (tertiary/aromatic N) is 2. The molecule has 0 spiro atoms. The summed E-state index contributed by atoms with van der Waals surface area (Å²) in [5.41, 5.74) is 0.685. The summed E-state index contributed by atoms with van der Waals surface area (Å²) in [6.07, 6.45) is 0.135. The predicted molar refractivity (Wildman–Crippen MR) is 52.6 cm³/mol. The van der Waals surface area contributed by atoms with Crippen LogP contribution in [0, 0.1) is 0 Å². The van der Waals surface area contributed by atoms with Crippen molar-refractivity contribution in [2.75, 3.05) is 6.61 Å². The minimum absolute atomic E-state index is 0.135. The Morgan fingerprint density at radius 2 is 2.33 bits per heavy atom. The number of phenols is 1. The maximum atomic E-state index is 9.27. The van der Waals surface area contributed by atoms with Crippen LogP contribution < -0.4 is 4.74 Å². The topological polar surface area (TPSA) is 68.4 Å².